The molecule has 11 heteroatoms. The number of hydroxylamine groups is 2. The molecule has 0 spiro atoms. The minimum atomic E-state index is -3.05. The maximum absolute atomic E-state index is 14.7. The Hall–Kier alpha value is -2.82. The van der Waals surface area contributed by atoms with E-state index >= 15 is 0 Å². The molecule has 158 valence electrons. The van der Waals surface area contributed by atoms with Crippen molar-refractivity contribution < 1.29 is 37.1 Å². The number of alkyl halides is 2. The highest BCUT2D eigenvalue weighted by Gasteiger charge is 2.33. The number of Topliss-reactive ketones (excluding diaryl/α,β-unsaturated/α-hetero) is 1. The van der Waals surface area contributed by atoms with Crippen LogP contribution in [0.25, 0.3) is 0 Å². The van der Waals surface area contributed by atoms with Crippen molar-refractivity contribution in [3.05, 3.63) is 24.0 Å². The minimum Gasteiger partial charge on any atom is -0.444 e. The normalized spacial score (nSPS) is 20.1. The molecule has 29 heavy (non-hydrogen) atoms. The molecule has 2 aliphatic heterocycles. The van der Waals surface area contributed by atoms with Crippen LogP contribution in [0.4, 0.5) is 29.3 Å². The number of halogens is 3. The van der Waals surface area contributed by atoms with Gasteiger partial charge in [-0.1, -0.05) is 0 Å². The number of cyclic esters (lactones) is 1. The number of anilines is 2. The molecule has 2 heterocycles. The summed E-state index contributed by atoms with van der Waals surface area (Å²) in [6.07, 6.45) is -4.35. The first kappa shape index (κ1) is 20.9. The van der Waals surface area contributed by atoms with Crippen LogP contribution >= 0.6 is 0 Å². The monoisotopic (exact) mass is 415 g/mol. The van der Waals surface area contributed by atoms with Crippen LogP contribution in [-0.2, 0) is 19.2 Å². The number of ether oxygens (including phenoxy) is 1. The SMILES string of the molecule is O=CN1CCN(c2ccc(N3C[C@H](CCC(=O)C(F)F)OC3=O)cc2F)CCO1. The lowest BCUT2D eigenvalue weighted by Crippen LogP contribution is -2.30. The smallest absolute Gasteiger partial charge is 0.414 e. The largest absolute Gasteiger partial charge is 0.444 e. The molecular weight excluding hydrogens is 395 g/mol. The summed E-state index contributed by atoms with van der Waals surface area (Å²) in [4.78, 5) is 42.0. The summed E-state index contributed by atoms with van der Waals surface area (Å²) in [5.41, 5.74) is 0.566. The third-order valence-electron chi connectivity index (χ3n) is 4.74. The van der Waals surface area contributed by atoms with Gasteiger partial charge < -0.3 is 9.64 Å². The topological polar surface area (TPSA) is 79.4 Å². The van der Waals surface area contributed by atoms with E-state index < -0.39 is 36.6 Å². The molecule has 0 N–H and O–H groups in total. The van der Waals surface area contributed by atoms with Gasteiger partial charge in [0, 0.05) is 19.5 Å². The molecule has 0 unspecified atom stereocenters. The van der Waals surface area contributed by atoms with E-state index in [0.29, 0.717) is 25.2 Å². The summed E-state index contributed by atoms with van der Waals surface area (Å²) >= 11 is 0. The number of ketones is 1. The highest BCUT2D eigenvalue weighted by atomic mass is 19.3. The van der Waals surface area contributed by atoms with Crippen LogP contribution in [0.15, 0.2) is 18.2 Å². The lowest BCUT2D eigenvalue weighted by molar-refractivity contribution is -0.166. The van der Waals surface area contributed by atoms with E-state index in [4.69, 9.17) is 9.57 Å². The quantitative estimate of drug-likeness (QED) is 0.634. The molecule has 0 bridgehead atoms. The summed E-state index contributed by atoms with van der Waals surface area (Å²) in [6.45, 7) is 1.30. The van der Waals surface area contributed by atoms with Gasteiger partial charge >= 0.3 is 6.09 Å². The maximum Gasteiger partial charge on any atom is 0.414 e. The third-order valence-corrected chi connectivity index (χ3v) is 4.74. The number of rotatable bonds is 7. The predicted molar refractivity (Wildman–Crippen MR) is 95.2 cm³/mol. The minimum absolute atomic E-state index is 0.0208. The molecule has 0 saturated carbocycles. The summed E-state index contributed by atoms with van der Waals surface area (Å²) in [5.74, 6) is -1.77. The van der Waals surface area contributed by atoms with Crippen molar-refractivity contribution in [2.75, 3.05) is 42.6 Å². The molecular formula is C18H20F3N3O5. The fraction of sp³-hybridized carbons (Fsp3) is 0.500. The fourth-order valence-corrected chi connectivity index (χ4v) is 3.20. The van der Waals surface area contributed by atoms with E-state index in [1.807, 2.05) is 0 Å². The van der Waals surface area contributed by atoms with E-state index in [1.54, 1.807) is 11.0 Å². The van der Waals surface area contributed by atoms with Gasteiger partial charge in [0.15, 0.2) is 5.78 Å². The van der Waals surface area contributed by atoms with Gasteiger partial charge in [-0.05, 0) is 24.6 Å². The first-order valence-electron chi connectivity index (χ1n) is 9.07. The van der Waals surface area contributed by atoms with Crippen LogP contribution in [0.3, 0.4) is 0 Å². The number of hydrogen-bond donors (Lipinski definition) is 0. The molecule has 0 radical (unpaired) electrons. The van der Waals surface area contributed by atoms with Crippen LogP contribution in [0.5, 0.6) is 0 Å². The molecule has 1 aromatic rings. The van der Waals surface area contributed by atoms with Crippen LogP contribution < -0.4 is 9.80 Å². The zero-order chi connectivity index (χ0) is 21.0. The first-order chi connectivity index (χ1) is 13.9. The molecule has 3 rings (SSSR count). The highest BCUT2D eigenvalue weighted by Crippen LogP contribution is 2.29. The fourth-order valence-electron chi connectivity index (χ4n) is 3.20. The zero-order valence-electron chi connectivity index (χ0n) is 15.4. The Morgan fingerprint density at radius 3 is 2.76 bits per heavy atom. The Morgan fingerprint density at radius 1 is 1.28 bits per heavy atom. The number of carbonyl (C=O) groups excluding carboxylic acids is 3. The number of benzene rings is 1. The predicted octanol–water partition coefficient (Wildman–Crippen LogP) is 1.98. The second-order valence-corrected chi connectivity index (χ2v) is 6.62. The second-order valence-electron chi connectivity index (χ2n) is 6.62. The molecule has 2 saturated heterocycles. The summed E-state index contributed by atoms with van der Waals surface area (Å²) < 4.78 is 44.3. The number of carbonyl (C=O) groups is 3. The van der Waals surface area contributed by atoms with E-state index in [-0.39, 0.29) is 31.8 Å². The average Bonchev–Trinajstić information content (AvgIpc) is 2.91. The Bertz CT molecular complexity index is 779. The van der Waals surface area contributed by atoms with Gasteiger partial charge in [-0.25, -0.2) is 23.0 Å². The Kier molecular flexibility index (Phi) is 6.57. The maximum atomic E-state index is 14.7. The Labute approximate surface area is 164 Å². The number of nitrogens with zero attached hydrogens (tertiary/aromatic N) is 3. The van der Waals surface area contributed by atoms with Gasteiger partial charge in [0.05, 0.1) is 31.1 Å². The zero-order valence-corrected chi connectivity index (χ0v) is 15.4. The van der Waals surface area contributed by atoms with E-state index in [9.17, 15) is 27.6 Å². The van der Waals surface area contributed by atoms with Crippen molar-refractivity contribution in [1.29, 1.82) is 0 Å². The van der Waals surface area contributed by atoms with Crippen LogP contribution in [0, 0.1) is 5.82 Å². The molecule has 1 atom stereocenters. The molecule has 8 nitrogen and oxygen atoms in total. The summed E-state index contributed by atoms with van der Waals surface area (Å²) in [6, 6.07) is 4.25. The summed E-state index contributed by atoms with van der Waals surface area (Å²) in [7, 11) is 0. The third kappa shape index (κ3) is 4.97. The number of hydrogen-bond acceptors (Lipinski definition) is 6. The highest BCUT2D eigenvalue weighted by molar-refractivity contribution is 5.90. The second kappa shape index (κ2) is 9.12. The molecule has 0 aromatic heterocycles. The van der Waals surface area contributed by atoms with Crippen LogP contribution in [-0.4, -0.2) is 68.7 Å². The lowest BCUT2D eigenvalue weighted by atomic mass is 10.1. The molecule has 0 aliphatic carbocycles. The van der Waals surface area contributed by atoms with Gasteiger partial charge in [-0.2, -0.15) is 0 Å². The van der Waals surface area contributed by atoms with E-state index in [2.05, 4.69) is 0 Å². The summed E-state index contributed by atoms with van der Waals surface area (Å²) in [5, 5.41) is 1.14. The van der Waals surface area contributed by atoms with Gasteiger partial charge in [0.2, 0.25) is 6.41 Å². The Balaban J connectivity index is 1.64. The molecule has 1 aromatic carbocycles. The van der Waals surface area contributed by atoms with Gasteiger partial charge in [-0.15, -0.1) is 0 Å². The molecule has 2 aliphatic rings. The van der Waals surface area contributed by atoms with Crippen molar-refractivity contribution in [2.24, 2.45) is 0 Å². The van der Waals surface area contributed by atoms with Gasteiger partial charge in [-0.3, -0.25) is 19.3 Å². The lowest BCUT2D eigenvalue weighted by Gasteiger charge is -2.23. The molecule has 2 amide bonds. The van der Waals surface area contributed by atoms with Crippen molar-refractivity contribution >= 4 is 29.7 Å². The van der Waals surface area contributed by atoms with Crippen molar-refractivity contribution in [2.45, 2.75) is 25.4 Å². The van der Waals surface area contributed by atoms with Gasteiger partial charge in [0.25, 0.3) is 6.43 Å². The van der Waals surface area contributed by atoms with Crippen molar-refractivity contribution in [3.63, 3.8) is 0 Å². The Morgan fingerprint density at radius 2 is 2.07 bits per heavy atom. The number of amides is 2. The van der Waals surface area contributed by atoms with Crippen LogP contribution in [0.1, 0.15) is 12.8 Å². The molecule has 2 fully saturated rings. The van der Waals surface area contributed by atoms with E-state index in [1.165, 1.54) is 17.0 Å². The van der Waals surface area contributed by atoms with E-state index in [0.717, 1.165) is 5.06 Å². The van der Waals surface area contributed by atoms with Crippen molar-refractivity contribution in [3.8, 4) is 0 Å². The average molecular weight is 415 g/mol. The standard InChI is InChI=1S/C18H20F3N3O5/c19-14-9-12(1-3-15(14)22-5-6-23(11-25)28-8-7-22)24-10-13(29-18(24)27)2-4-16(26)17(20)21/h1,3,9,11,13,17H,2,4-8,10H2/t13-/m0/s1. The first-order valence-corrected chi connectivity index (χ1v) is 9.07. The van der Waals surface area contributed by atoms with Crippen molar-refractivity contribution in [1.82, 2.24) is 5.06 Å². The van der Waals surface area contributed by atoms with Crippen LogP contribution in [0.2, 0.25) is 0 Å². The van der Waals surface area contributed by atoms with Gasteiger partial charge in [0.1, 0.15) is 11.9 Å².